The van der Waals surface area contributed by atoms with Crippen LogP contribution in [0.4, 0.5) is 5.82 Å². The number of hydrogen-bond donors (Lipinski definition) is 1. The molecule has 1 aliphatic rings. The molecule has 178 valence electrons. The van der Waals surface area contributed by atoms with Gasteiger partial charge in [0, 0.05) is 25.1 Å². The van der Waals surface area contributed by atoms with Crippen molar-refractivity contribution in [3.63, 3.8) is 0 Å². The number of aryl methyl sites for hydroxylation is 1. The molecule has 2 aromatic carbocycles. The van der Waals surface area contributed by atoms with E-state index in [4.69, 9.17) is 9.47 Å². The largest absolute Gasteiger partial charge is 0.490 e. The summed E-state index contributed by atoms with van der Waals surface area (Å²) in [5.41, 5.74) is 3.33. The molecule has 0 fully saturated rings. The van der Waals surface area contributed by atoms with E-state index in [0.717, 1.165) is 11.1 Å². The van der Waals surface area contributed by atoms with Crippen molar-refractivity contribution in [2.24, 2.45) is 7.05 Å². The summed E-state index contributed by atoms with van der Waals surface area (Å²) < 4.78 is 13.2. The van der Waals surface area contributed by atoms with E-state index < -0.39 is 5.92 Å². The number of benzene rings is 2. The second-order valence-electron chi connectivity index (χ2n) is 8.18. The Labute approximate surface area is 203 Å². The lowest BCUT2D eigenvalue weighted by molar-refractivity contribution is -0.116. The molecule has 4 rings (SSSR count). The number of fused-ring (bicyclic) bond motifs is 1. The van der Waals surface area contributed by atoms with Crippen LogP contribution in [0.5, 0.6) is 11.5 Å². The third-order valence-corrected chi connectivity index (χ3v) is 6.82. The number of hydrogen-bond acceptors (Lipinski definition) is 6. The van der Waals surface area contributed by atoms with Crippen molar-refractivity contribution in [3.8, 4) is 11.5 Å². The first-order chi connectivity index (χ1) is 16.4. The third-order valence-electron chi connectivity index (χ3n) is 5.72. The number of aromatic nitrogens is 2. The highest BCUT2D eigenvalue weighted by atomic mass is 32.2. The van der Waals surface area contributed by atoms with E-state index in [-0.39, 0.29) is 17.9 Å². The van der Waals surface area contributed by atoms with Crippen LogP contribution in [-0.2, 0) is 17.6 Å². The van der Waals surface area contributed by atoms with Crippen LogP contribution in [0.3, 0.4) is 0 Å². The average Bonchev–Trinajstić information content (AvgIpc) is 2.81. The van der Waals surface area contributed by atoms with Gasteiger partial charge in [0.05, 0.1) is 18.8 Å². The van der Waals surface area contributed by atoms with Gasteiger partial charge in [-0.25, -0.2) is 0 Å². The minimum atomic E-state index is -0.416. The molecule has 8 heteroatoms. The molecule has 0 saturated heterocycles. The van der Waals surface area contributed by atoms with Crippen molar-refractivity contribution in [3.05, 3.63) is 75.1 Å². The molecule has 34 heavy (non-hydrogen) atoms. The summed E-state index contributed by atoms with van der Waals surface area (Å²) in [6, 6.07) is 13.8. The highest BCUT2D eigenvalue weighted by molar-refractivity contribution is 7.98. The third kappa shape index (κ3) is 4.97. The molecule has 0 spiro atoms. The van der Waals surface area contributed by atoms with Gasteiger partial charge in [-0.2, -0.15) is 4.98 Å². The Morgan fingerprint density at radius 2 is 1.85 bits per heavy atom. The maximum absolute atomic E-state index is 13.2. The molecule has 0 saturated carbocycles. The number of rotatable bonds is 8. The normalized spacial score (nSPS) is 14.9. The monoisotopic (exact) mass is 479 g/mol. The van der Waals surface area contributed by atoms with Crippen LogP contribution >= 0.6 is 11.8 Å². The standard InChI is InChI=1S/C26H29N3O4S/c1-5-32-20-11-10-18(13-21(20)33-6-2)19-14-22(30)27-24-23(19)25(31)28-26(29(24)4)34-15-17-9-7-8-16(3)12-17/h7-13,19H,5-6,14-15H2,1-4H3,(H,27,30)/t19-/m0/s1. The molecule has 0 radical (unpaired) electrons. The van der Waals surface area contributed by atoms with Crippen LogP contribution in [0, 0.1) is 6.92 Å². The van der Waals surface area contributed by atoms with Gasteiger partial charge in [0.25, 0.3) is 5.56 Å². The van der Waals surface area contributed by atoms with Crippen molar-refractivity contribution in [2.45, 2.75) is 44.0 Å². The van der Waals surface area contributed by atoms with Gasteiger partial charge in [-0.05, 0) is 44.0 Å². The summed E-state index contributed by atoms with van der Waals surface area (Å²) in [6.45, 7) is 6.86. The number of anilines is 1. The lowest BCUT2D eigenvalue weighted by atomic mass is 9.86. The number of ether oxygens (including phenoxy) is 2. The van der Waals surface area contributed by atoms with E-state index in [1.165, 1.54) is 17.3 Å². The van der Waals surface area contributed by atoms with Crippen LogP contribution in [0.1, 0.15) is 48.4 Å². The number of amides is 1. The molecule has 7 nitrogen and oxygen atoms in total. The van der Waals surface area contributed by atoms with E-state index in [0.29, 0.717) is 47.0 Å². The smallest absolute Gasteiger partial charge is 0.279 e. The summed E-state index contributed by atoms with van der Waals surface area (Å²) in [4.78, 5) is 30.3. The molecule has 1 atom stereocenters. The second kappa shape index (κ2) is 10.3. The molecule has 3 aromatic rings. The fraction of sp³-hybridized carbons (Fsp3) is 0.346. The first-order valence-electron chi connectivity index (χ1n) is 11.4. The maximum Gasteiger partial charge on any atom is 0.279 e. The average molecular weight is 480 g/mol. The predicted octanol–water partition coefficient (Wildman–Crippen LogP) is 4.65. The van der Waals surface area contributed by atoms with Crippen molar-refractivity contribution in [2.75, 3.05) is 18.5 Å². The van der Waals surface area contributed by atoms with Gasteiger partial charge < -0.3 is 19.4 Å². The van der Waals surface area contributed by atoms with E-state index in [9.17, 15) is 9.59 Å². The van der Waals surface area contributed by atoms with Crippen molar-refractivity contribution in [1.82, 2.24) is 9.55 Å². The Bertz CT molecular complexity index is 1270. The van der Waals surface area contributed by atoms with E-state index >= 15 is 0 Å². The zero-order valence-corrected chi connectivity index (χ0v) is 20.7. The van der Waals surface area contributed by atoms with Crippen molar-refractivity contribution < 1.29 is 14.3 Å². The highest BCUT2D eigenvalue weighted by Crippen LogP contribution is 2.39. The molecule has 0 unspecified atom stereocenters. The molecule has 0 bridgehead atoms. The van der Waals surface area contributed by atoms with E-state index in [1.54, 1.807) is 4.57 Å². The van der Waals surface area contributed by atoms with E-state index in [1.807, 2.05) is 45.2 Å². The maximum atomic E-state index is 13.2. The zero-order valence-electron chi connectivity index (χ0n) is 19.9. The molecule has 1 N–H and O–H groups in total. The van der Waals surface area contributed by atoms with Crippen LogP contribution in [0.25, 0.3) is 0 Å². The van der Waals surface area contributed by atoms with Gasteiger partial charge in [0.2, 0.25) is 5.91 Å². The second-order valence-corrected chi connectivity index (χ2v) is 9.12. The highest BCUT2D eigenvalue weighted by Gasteiger charge is 2.32. The number of carbonyl (C=O) groups is 1. The van der Waals surface area contributed by atoms with Crippen LogP contribution < -0.4 is 20.3 Å². The van der Waals surface area contributed by atoms with E-state index in [2.05, 4.69) is 35.4 Å². The quantitative estimate of drug-likeness (QED) is 0.374. The van der Waals surface area contributed by atoms with Gasteiger partial charge in [-0.1, -0.05) is 47.7 Å². The summed E-state index contributed by atoms with van der Waals surface area (Å²) in [7, 11) is 1.83. The fourth-order valence-corrected chi connectivity index (χ4v) is 5.09. The van der Waals surface area contributed by atoms with Gasteiger partial charge in [0.1, 0.15) is 5.82 Å². The lowest BCUT2D eigenvalue weighted by Crippen LogP contribution is -2.33. The Balaban J connectivity index is 1.71. The first kappa shape index (κ1) is 23.9. The van der Waals surface area contributed by atoms with Crippen LogP contribution in [0.15, 0.2) is 52.4 Å². The fourth-order valence-electron chi connectivity index (χ4n) is 4.18. The SMILES string of the molecule is CCOc1ccc([C@@H]2CC(=O)Nc3c2c(=O)nc(SCc2cccc(C)c2)n3C)cc1OCC. The number of thioether (sulfide) groups is 1. The minimum absolute atomic E-state index is 0.139. The summed E-state index contributed by atoms with van der Waals surface area (Å²) in [5, 5.41) is 3.47. The van der Waals surface area contributed by atoms with Gasteiger partial charge in [0.15, 0.2) is 16.7 Å². The molecular formula is C26H29N3O4S. The predicted molar refractivity (Wildman–Crippen MR) is 134 cm³/mol. The summed E-state index contributed by atoms with van der Waals surface area (Å²) in [6.07, 6.45) is 0.166. The van der Waals surface area contributed by atoms with Crippen LogP contribution in [0.2, 0.25) is 0 Å². The Kier molecular flexibility index (Phi) is 7.26. The summed E-state index contributed by atoms with van der Waals surface area (Å²) in [5.74, 6) is 1.86. The minimum Gasteiger partial charge on any atom is -0.490 e. The number of carbonyl (C=O) groups excluding carboxylic acids is 1. The summed E-state index contributed by atoms with van der Waals surface area (Å²) >= 11 is 1.47. The lowest BCUT2D eigenvalue weighted by Gasteiger charge is -2.28. The Morgan fingerprint density at radius 1 is 1.09 bits per heavy atom. The van der Waals surface area contributed by atoms with Crippen molar-refractivity contribution in [1.29, 1.82) is 0 Å². The Morgan fingerprint density at radius 3 is 2.59 bits per heavy atom. The van der Waals surface area contributed by atoms with Gasteiger partial charge >= 0.3 is 0 Å². The molecule has 1 amide bonds. The van der Waals surface area contributed by atoms with Gasteiger partial charge in [-0.3, -0.25) is 9.59 Å². The number of nitrogens with zero attached hydrogens (tertiary/aromatic N) is 2. The van der Waals surface area contributed by atoms with Gasteiger partial charge in [-0.15, -0.1) is 0 Å². The molecule has 2 heterocycles. The molecular weight excluding hydrogens is 450 g/mol. The number of nitrogens with one attached hydrogen (secondary N) is 1. The molecule has 0 aliphatic carbocycles. The molecule has 1 aliphatic heterocycles. The topological polar surface area (TPSA) is 82.5 Å². The van der Waals surface area contributed by atoms with Crippen LogP contribution in [-0.4, -0.2) is 28.7 Å². The zero-order chi connectivity index (χ0) is 24.2. The molecule has 1 aromatic heterocycles. The van der Waals surface area contributed by atoms with Crippen molar-refractivity contribution >= 4 is 23.5 Å². The first-order valence-corrected chi connectivity index (χ1v) is 12.4. The Hall–Kier alpha value is -3.26.